The van der Waals surface area contributed by atoms with Gasteiger partial charge in [0.1, 0.15) is 5.65 Å². The first-order valence-corrected chi connectivity index (χ1v) is 19.7. The standard InChI is InChI=1S/C48H28N4S2/c1-3-13-29(14-4-1)30-15-11-16-31(27-30)43-46-44(35-20-8-10-23-39(35)54-46)50-47(49-43)32-25-26-40-38(28-32)52-45-36(21-12-24-41(45)53-40)42-34-19-7-9-22-37(34)51(48(42)52)33-17-5-2-6-18-33/h1-28H. The minimum Gasteiger partial charge on any atom is -0.295 e. The number of hydrogen-bond donors (Lipinski definition) is 0. The first-order valence-electron chi connectivity index (χ1n) is 18.1. The van der Waals surface area contributed by atoms with Gasteiger partial charge in [0.25, 0.3) is 0 Å². The maximum atomic E-state index is 5.44. The molecule has 0 radical (unpaired) electrons. The Bertz CT molecular complexity index is 3300. The van der Waals surface area contributed by atoms with Crippen LogP contribution in [0.1, 0.15) is 0 Å². The molecule has 252 valence electrons. The summed E-state index contributed by atoms with van der Waals surface area (Å²) in [4.78, 5) is 13.3. The van der Waals surface area contributed by atoms with Crippen LogP contribution in [0.5, 0.6) is 0 Å². The van der Waals surface area contributed by atoms with E-state index in [1.807, 2.05) is 11.8 Å². The highest BCUT2D eigenvalue weighted by molar-refractivity contribution is 7.99. The summed E-state index contributed by atoms with van der Waals surface area (Å²) in [7, 11) is 0. The largest absolute Gasteiger partial charge is 0.295 e. The summed E-state index contributed by atoms with van der Waals surface area (Å²) in [6.45, 7) is 0. The number of fused-ring (bicyclic) bond motifs is 10. The van der Waals surface area contributed by atoms with Crippen molar-refractivity contribution in [1.82, 2.24) is 19.1 Å². The second-order valence-electron chi connectivity index (χ2n) is 13.8. The number of thiophene rings is 1. The van der Waals surface area contributed by atoms with E-state index in [0.29, 0.717) is 0 Å². The molecule has 0 amide bonds. The normalized spacial score (nSPS) is 12.4. The zero-order valence-electron chi connectivity index (χ0n) is 28.8. The summed E-state index contributed by atoms with van der Waals surface area (Å²) in [5, 5.41) is 4.95. The van der Waals surface area contributed by atoms with Gasteiger partial charge < -0.3 is 0 Å². The highest BCUT2D eigenvalue weighted by atomic mass is 32.2. The molecule has 0 aliphatic carbocycles. The lowest BCUT2D eigenvalue weighted by Gasteiger charge is -2.22. The van der Waals surface area contributed by atoms with Crippen molar-refractivity contribution >= 4 is 76.2 Å². The highest BCUT2D eigenvalue weighted by Crippen LogP contribution is 2.50. The van der Waals surface area contributed by atoms with Gasteiger partial charge in [-0.15, -0.1) is 11.3 Å². The SMILES string of the molecule is c1ccc(-c2cccc(-c3nc(-c4ccc5c(c4)-n4c6c(cccc6c6c7ccccc7n(-c7ccccc7)c64)S5)nc4c3sc3ccccc34)c2)cc1. The molecule has 0 unspecified atom stereocenters. The van der Waals surface area contributed by atoms with E-state index in [1.165, 1.54) is 58.5 Å². The fourth-order valence-corrected chi connectivity index (χ4v) is 10.6. The molecule has 54 heavy (non-hydrogen) atoms. The third-order valence-corrected chi connectivity index (χ3v) is 13.0. The molecule has 0 spiro atoms. The summed E-state index contributed by atoms with van der Waals surface area (Å²) < 4.78 is 7.24. The van der Waals surface area contributed by atoms with Crippen LogP contribution in [-0.4, -0.2) is 19.1 Å². The predicted octanol–water partition coefficient (Wildman–Crippen LogP) is 13.4. The minimum absolute atomic E-state index is 0.723. The molecule has 0 saturated heterocycles. The van der Waals surface area contributed by atoms with Crippen molar-refractivity contribution in [2.45, 2.75) is 9.79 Å². The van der Waals surface area contributed by atoms with Crippen molar-refractivity contribution in [1.29, 1.82) is 0 Å². The Morgan fingerprint density at radius 3 is 2.09 bits per heavy atom. The fraction of sp³-hybridized carbons (Fsp3) is 0. The van der Waals surface area contributed by atoms with Crippen LogP contribution in [0, 0.1) is 0 Å². The molecule has 4 nitrogen and oxygen atoms in total. The zero-order valence-corrected chi connectivity index (χ0v) is 30.4. The minimum atomic E-state index is 0.723. The molecule has 12 rings (SSSR count). The van der Waals surface area contributed by atoms with Crippen LogP contribution in [0.25, 0.3) is 98.3 Å². The molecule has 4 aromatic heterocycles. The predicted molar refractivity (Wildman–Crippen MR) is 227 cm³/mol. The Morgan fingerprint density at radius 2 is 1.20 bits per heavy atom. The van der Waals surface area contributed by atoms with Gasteiger partial charge in [0, 0.05) is 52.9 Å². The van der Waals surface area contributed by atoms with Crippen LogP contribution in [0.2, 0.25) is 0 Å². The molecule has 7 aromatic carbocycles. The molecule has 1 aliphatic rings. The van der Waals surface area contributed by atoms with Crippen LogP contribution in [0.3, 0.4) is 0 Å². The average molecular weight is 725 g/mol. The number of rotatable bonds is 4. The highest BCUT2D eigenvalue weighted by Gasteiger charge is 2.28. The molecule has 0 saturated carbocycles. The first-order chi connectivity index (χ1) is 26.8. The lowest BCUT2D eigenvalue weighted by molar-refractivity contribution is 1.03. The second-order valence-corrected chi connectivity index (χ2v) is 15.9. The summed E-state index contributed by atoms with van der Waals surface area (Å²) >= 11 is 3.61. The number of aromatic nitrogens is 4. The maximum Gasteiger partial charge on any atom is 0.160 e. The van der Waals surface area contributed by atoms with Gasteiger partial charge in [0.15, 0.2) is 5.82 Å². The Kier molecular flexibility index (Phi) is 6.40. The smallest absolute Gasteiger partial charge is 0.160 e. The van der Waals surface area contributed by atoms with Gasteiger partial charge >= 0.3 is 0 Å². The van der Waals surface area contributed by atoms with E-state index in [2.05, 4.69) is 179 Å². The third kappa shape index (κ3) is 4.32. The van der Waals surface area contributed by atoms with Crippen molar-refractivity contribution in [3.63, 3.8) is 0 Å². The molecule has 6 heteroatoms. The molecule has 0 atom stereocenters. The van der Waals surface area contributed by atoms with Crippen LogP contribution in [0.15, 0.2) is 180 Å². The van der Waals surface area contributed by atoms with Gasteiger partial charge in [-0.2, -0.15) is 0 Å². The Balaban J connectivity index is 1.13. The van der Waals surface area contributed by atoms with E-state index >= 15 is 0 Å². The number of nitrogens with zero attached hydrogens (tertiary/aromatic N) is 4. The van der Waals surface area contributed by atoms with E-state index < -0.39 is 0 Å². The van der Waals surface area contributed by atoms with Gasteiger partial charge in [-0.25, -0.2) is 9.97 Å². The van der Waals surface area contributed by atoms with Crippen LogP contribution in [0.4, 0.5) is 0 Å². The molecule has 11 aromatic rings. The van der Waals surface area contributed by atoms with E-state index in [9.17, 15) is 0 Å². The van der Waals surface area contributed by atoms with Crippen molar-refractivity contribution in [3.05, 3.63) is 170 Å². The summed E-state index contributed by atoms with van der Waals surface area (Å²) in [6, 6.07) is 60.9. The van der Waals surface area contributed by atoms with E-state index in [1.54, 1.807) is 11.3 Å². The van der Waals surface area contributed by atoms with Gasteiger partial charge in [0.2, 0.25) is 0 Å². The number of hydrogen-bond acceptors (Lipinski definition) is 4. The number of para-hydroxylation sites is 3. The Labute approximate surface area is 318 Å². The summed E-state index contributed by atoms with van der Waals surface area (Å²) in [5.41, 5.74) is 12.3. The quantitative estimate of drug-likeness (QED) is 0.181. The van der Waals surface area contributed by atoms with Crippen LogP contribution in [-0.2, 0) is 0 Å². The van der Waals surface area contributed by atoms with Gasteiger partial charge in [-0.05, 0) is 65.7 Å². The molecule has 1 aliphatic heterocycles. The zero-order chi connectivity index (χ0) is 35.3. The molecular formula is C48H28N4S2. The number of benzene rings is 7. The van der Waals surface area contributed by atoms with E-state index in [0.717, 1.165) is 49.6 Å². The lowest BCUT2D eigenvalue weighted by Crippen LogP contribution is -2.06. The van der Waals surface area contributed by atoms with Gasteiger partial charge in [-0.3, -0.25) is 9.13 Å². The van der Waals surface area contributed by atoms with Crippen molar-refractivity contribution in [2.75, 3.05) is 0 Å². The first kappa shape index (κ1) is 30.0. The molecule has 0 fully saturated rings. The van der Waals surface area contributed by atoms with Crippen molar-refractivity contribution in [3.8, 4) is 45.1 Å². The van der Waals surface area contributed by atoms with E-state index in [-0.39, 0.29) is 0 Å². The summed E-state index contributed by atoms with van der Waals surface area (Å²) in [5.74, 6) is 0.723. The van der Waals surface area contributed by atoms with Gasteiger partial charge in [-0.1, -0.05) is 127 Å². The van der Waals surface area contributed by atoms with Crippen molar-refractivity contribution < 1.29 is 0 Å². The van der Waals surface area contributed by atoms with E-state index in [4.69, 9.17) is 9.97 Å². The topological polar surface area (TPSA) is 35.6 Å². The Hall–Kier alpha value is -6.47. The average Bonchev–Trinajstić information content (AvgIpc) is 3.90. The maximum absolute atomic E-state index is 5.44. The summed E-state index contributed by atoms with van der Waals surface area (Å²) in [6.07, 6.45) is 0. The molecule has 0 bridgehead atoms. The Morgan fingerprint density at radius 1 is 0.481 bits per heavy atom. The van der Waals surface area contributed by atoms with Crippen LogP contribution >= 0.6 is 23.1 Å². The lowest BCUT2D eigenvalue weighted by atomic mass is 10.0. The van der Waals surface area contributed by atoms with Crippen LogP contribution < -0.4 is 0 Å². The van der Waals surface area contributed by atoms with Crippen molar-refractivity contribution in [2.24, 2.45) is 0 Å². The second kappa shape index (κ2) is 11.5. The molecular weight excluding hydrogens is 697 g/mol. The fourth-order valence-electron chi connectivity index (χ4n) is 8.35. The molecule has 0 N–H and O–H groups in total. The third-order valence-electron chi connectivity index (χ3n) is 10.7. The van der Waals surface area contributed by atoms with Gasteiger partial charge in [0.05, 0.1) is 32.6 Å². The molecule has 5 heterocycles. The monoisotopic (exact) mass is 724 g/mol.